The van der Waals surface area contributed by atoms with Crippen LogP contribution >= 0.6 is 24.0 Å². The van der Waals surface area contributed by atoms with Crippen LogP contribution in [-0.4, -0.2) is 50.5 Å². The van der Waals surface area contributed by atoms with Crippen LogP contribution in [0.4, 0.5) is 0 Å². The number of hydrogen-bond acceptors (Lipinski definition) is 2. The zero-order valence-electron chi connectivity index (χ0n) is 12.7. The molecule has 0 fully saturated rings. The number of carbonyl (C=O) groups is 1. The Morgan fingerprint density at radius 2 is 1.53 bits per heavy atom. The molecule has 0 unspecified atom stereocenters. The minimum atomic E-state index is 0. The van der Waals surface area contributed by atoms with Gasteiger partial charge in [-0.2, -0.15) is 0 Å². The third kappa shape index (κ3) is 12.3. The van der Waals surface area contributed by atoms with Gasteiger partial charge in [0.15, 0.2) is 5.96 Å². The van der Waals surface area contributed by atoms with Crippen molar-refractivity contribution in [1.29, 1.82) is 0 Å². The molecule has 0 aromatic heterocycles. The zero-order valence-corrected chi connectivity index (χ0v) is 15.0. The van der Waals surface area contributed by atoms with Crippen LogP contribution in [0.25, 0.3) is 0 Å². The van der Waals surface area contributed by atoms with Crippen molar-refractivity contribution in [3.63, 3.8) is 0 Å². The van der Waals surface area contributed by atoms with Crippen LogP contribution in [0.5, 0.6) is 0 Å². The molecule has 0 aliphatic carbocycles. The average Bonchev–Trinajstić information content (AvgIpc) is 2.35. The first-order valence-electron chi connectivity index (χ1n) is 6.84. The fourth-order valence-corrected chi connectivity index (χ4v) is 1.23. The Kier molecular flexibility index (Phi) is 15.2. The molecule has 0 bridgehead atoms. The molecule has 1 amide bonds. The Bertz CT molecular complexity index is 245. The van der Waals surface area contributed by atoms with Gasteiger partial charge in [0.25, 0.3) is 0 Å². The van der Waals surface area contributed by atoms with Gasteiger partial charge in [0.05, 0.1) is 0 Å². The molecular weight excluding hydrogens is 355 g/mol. The summed E-state index contributed by atoms with van der Waals surface area (Å²) in [5.41, 5.74) is 0. The molecule has 2 N–H and O–H groups in total. The number of carbonyl (C=O) groups excluding carboxylic acids is 1. The van der Waals surface area contributed by atoms with Crippen LogP contribution < -0.4 is 10.6 Å². The van der Waals surface area contributed by atoms with Gasteiger partial charge in [-0.1, -0.05) is 26.7 Å². The second-order valence-electron chi connectivity index (χ2n) is 4.51. The Balaban J connectivity index is 0. The lowest BCUT2D eigenvalue weighted by Gasteiger charge is -2.13. The van der Waals surface area contributed by atoms with Crippen LogP contribution in [0, 0.1) is 0 Å². The van der Waals surface area contributed by atoms with Crippen molar-refractivity contribution >= 4 is 35.8 Å². The summed E-state index contributed by atoms with van der Waals surface area (Å²) in [6.07, 6.45) is 4.50. The number of rotatable bonds is 8. The number of aliphatic imine (C=N–C) groups is 1. The van der Waals surface area contributed by atoms with Gasteiger partial charge >= 0.3 is 0 Å². The Hall–Kier alpha value is -0.530. The van der Waals surface area contributed by atoms with E-state index in [-0.39, 0.29) is 36.4 Å². The number of nitrogens with zero attached hydrogens (tertiary/aromatic N) is 2. The van der Waals surface area contributed by atoms with Gasteiger partial charge in [0, 0.05) is 27.2 Å². The quantitative estimate of drug-likeness (QED) is 0.291. The van der Waals surface area contributed by atoms with Crippen molar-refractivity contribution < 1.29 is 4.79 Å². The summed E-state index contributed by atoms with van der Waals surface area (Å²) in [5.74, 6) is 0.759. The highest BCUT2D eigenvalue weighted by Gasteiger charge is 2.03. The maximum Gasteiger partial charge on any atom is 0.243 e. The van der Waals surface area contributed by atoms with E-state index in [0.717, 1.165) is 44.7 Å². The average molecular weight is 384 g/mol. The number of likely N-dealkylation sites (N-methyl/N-ethyl adjacent to an activating group) is 1. The summed E-state index contributed by atoms with van der Waals surface area (Å²) in [6.45, 7) is 6.28. The van der Waals surface area contributed by atoms with Crippen LogP contribution in [0.1, 0.15) is 39.5 Å². The first kappa shape index (κ1) is 20.8. The van der Waals surface area contributed by atoms with Crippen molar-refractivity contribution in [2.45, 2.75) is 39.5 Å². The van der Waals surface area contributed by atoms with Gasteiger partial charge in [-0.15, -0.1) is 24.0 Å². The Morgan fingerprint density at radius 1 is 1.05 bits per heavy atom. The fraction of sp³-hybridized carbons (Fsp3) is 0.846. The highest BCUT2D eigenvalue weighted by atomic mass is 127. The summed E-state index contributed by atoms with van der Waals surface area (Å²) in [7, 11) is 3.49. The van der Waals surface area contributed by atoms with Gasteiger partial charge in [0.2, 0.25) is 5.91 Å². The van der Waals surface area contributed by atoms with Crippen molar-refractivity contribution in [1.82, 2.24) is 15.5 Å². The van der Waals surface area contributed by atoms with Gasteiger partial charge in [0.1, 0.15) is 6.54 Å². The molecule has 0 aliphatic heterocycles. The molecule has 19 heavy (non-hydrogen) atoms. The van der Waals surface area contributed by atoms with E-state index in [2.05, 4.69) is 29.5 Å². The van der Waals surface area contributed by atoms with E-state index >= 15 is 0 Å². The smallest absolute Gasteiger partial charge is 0.243 e. The summed E-state index contributed by atoms with van der Waals surface area (Å²) < 4.78 is 0. The van der Waals surface area contributed by atoms with E-state index in [1.807, 2.05) is 0 Å². The highest BCUT2D eigenvalue weighted by Crippen LogP contribution is 1.87. The predicted molar refractivity (Wildman–Crippen MR) is 92.2 cm³/mol. The molecular formula is C13H29IN4O. The van der Waals surface area contributed by atoms with Crippen molar-refractivity contribution in [3.05, 3.63) is 0 Å². The number of nitrogens with one attached hydrogen (secondary N) is 2. The summed E-state index contributed by atoms with van der Waals surface area (Å²) in [5, 5.41) is 6.48. The Labute approximate surface area is 134 Å². The van der Waals surface area contributed by atoms with Gasteiger partial charge in [-0.25, -0.2) is 4.99 Å². The first-order chi connectivity index (χ1) is 8.61. The number of unbranched alkanes of at least 4 members (excludes halogenated alkanes) is 2. The van der Waals surface area contributed by atoms with E-state index in [1.54, 1.807) is 19.0 Å². The highest BCUT2D eigenvalue weighted by molar-refractivity contribution is 14.0. The molecule has 0 spiro atoms. The summed E-state index contributed by atoms with van der Waals surface area (Å²) in [6, 6.07) is 0. The molecule has 0 radical (unpaired) electrons. The molecule has 5 nitrogen and oxygen atoms in total. The maximum absolute atomic E-state index is 11.5. The molecule has 114 valence electrons. The number of hydrogen-bond donors (Lipinski definition) is 2. The summed E-state index contributed by atoms with van der Waals surface area (Å²) in [4.78, 5) is 17.3. The van der Waals surface area contributed by atoms with Gasteiger partial charge < -0.3 is 15.5 Å². The lowest BCUT2D eigenvalue weighted by atomic mass is 10.3. The normalized spacial score (nSPS) is 9.26. The van der Waals surface area contributed by atoms with Gasteiger partial charge in [-0.3, -0.25) is 4.79 Å². The molecule has 0 rings (SSSR count). The van der Waals surface area contributed by atoms with E-state index in [1.165, 1.54) is 0 Å². The third-order valence-electron chi connectivity index (χ3n) is 2.52. The van der Waals surface area contributed by atoms with E-state index in [4.69, 9.17) is 0 Å². The molecule has 0 aliphatic rings. The standard InChI is InChI=1S/C13H28N4O.HI/c1-5-7-9-14-13(15-10-8-6-2)16-11-12(18)17(3)4;/h5-11H2,1-4H3,(H2,14,15,16);1H. The zero-order chi connectivity index (χ0) is 13.8. The van der Waals surface area contributed by atoms with Crippen LogP contribution in [0.3, 0.4) is 0 Å². The third-order valence-corrected chi connectivity index (χ3v) is 2.52. The van der Waals surface area contributed by atoms with Gasteiger partial charge in [-0.05, 0) is 12.8 Å². The number of amides is 1. The molecule has 0 saturated heterocycles. The largest absolute Gasteiger partial charge is 0.356 e. The lowest BCUT2D eigenvalue weighted by Crippen LogP contribution is -2.39. The fourth-order valence-electron chi connectivity index (χ4n) is 1.23. The minimum Gasteiger partial charge on any atom is -0.356 e. The molecule has 6 heteroatoms. The molecule has 0 aromatic carbocycles. The van der Waals surface area contributed by atoms with Crippen molar-refractivity contribution in [2.75, 3.05) is 33.7 Å². The topological polar surface area (TPSA) is 56.7 Å². The van der Waals surface area contributed by atoms with E-state index in [0.29, 0.717) is 0 Å². The SMILES string of the molecule is CCCCNC(=NCC(=O)N(C)C)NCCCC.I. The van der Waals surface area contributed by atoms with Crippen LogP contribution in [0.2, 0.25) is 0 Å². The molecule has 0 heterocycles. The van der Waals surface area contributed by atoms with Crippen LogP contribution in [0.15, 0.2) is 4.99 Å². The van der Waals surface area contributed by atoms with E-state index < -0.39 is 0 Å². The maximum atomic E-state index is 11.5. The number of guanidine groups is 1. The van der Waals surface area contributed by atoms with Crippen LogP contribution in [-0.2, 0) is 4.79 Å². The monoisotopic (exact) mass is 384 g/mol. The van der Waals surface area contributed by atoms with E-state index in [9.17, 15) is 4.79 Å². The number of halogens is 1. The van der Waals surface area contributed by atoms with Crippen molar-refractivity contribution in [3.8, 4) is 0 Å². The predicted octanol–water partition coefficient (Wildman–Crippen LogP) is 1.83. The second-order valence-corrected chi connectivity index (χ2v) is 4.51. The second kappa shape index (κ2) is 13.9. The minimum absolute atomic E-state index is 0. The first-order valence-corrected chi connectivity index (χ1v) is 6.84. The molecule has 0 aromatic rings. The lowest BCUT2D eigenvalue weighted by molar-refractivity contribution is -0.127. The molecule has 0 saturated carbocycles. The summed E-state index contributed by atoms with van der Waals surface area (Å²) >= 11 is 0. The van der Waals surface area contributed by atoms with Crippen molar-refractivity contribution in [2.24, 2.45) is 4.99 Å². The Morgan fingerprint density at radius 3 is 1.89 bits per heavy atom. The molecule has 0 atom stereocenters.